The van der Waals surface area contributed by atoms with Crippen molar-refractivity contribution in [2.45, 2.75) is 25.7 Å². The van der Waals surface area contributed by atoms with Crippen molar-refractivity contribution in [1.82, 2.24) is 0 Å². The molecule has 0 aromatic rings. The van der Waals surface area contributed by atoms with Crippen LogP contribution in [0.3, 0.4) is 0 Å². The van der Waals surface area contributed by atoms with Gasteiger partial charge in [-0.05, 0) is 25.2 Å². The molecule has 0 aromatic carbocycles. The smallest absolute Gasteiger partial charge is 0.0595 e. The average molecular weight is 122 g/mol. The fraction of sp³-hybridized carbons (Fsp3) is 0.875. The van der Waals surface area contributed by atoms with Gasteiger partial charge in [0.2, 0.25) is 0 Å². The minimum Gasteiger partial charge on any atom is -0.288 e. The number of nitrogens with zero attached hydrogens (tertiary/aromatic N) is 1. The maximum Gasteiger partial charge on any atom is 0.0595 e. The molecule has 1 heteroatoms. The molecule has 0 bridgehead atoms. The van der Waals surface area contributed by atoms with Crippen molar-refractivity contribution in [3.05, 3.63) is 0 Å². The van der Waals surface area contributed by atoms with Crippen LogP contribution in [0, 0.1) is 11.8 Å². The van der Waals surface area contributed by atoms with E-state index >= 15 is 0 Å². The van der Waals surface area contributed by atoms with E-state index < -0.39 is 0 Å². The summed E-state index contributed by atoms with van der Waals surface area (Å²) in [6, 6.07) is 0. The van der Waals surface area contributed by atoms with Crippen LogP contribution in [-0.4, -0.2) is 12.8 Å². The van der Waals surface area contributed by atoms with Gasteiger partial charge in [0.1, 0.15) is 0 Å². The molecule has 9 heavy (non-hydrogen) atoms. The number of hydrogen-bond acceptors (Lipinski definition) is 1. The lowest BCUT2D eigenvalue weighted by Crippen LogP contribution is -2.21. The number of rotatable bonds is 1. The lowest BCUT2D eigenvalue weighted by molar-refractivity contribution is 0.257. The van der Waals surface area contributed by atoms with Crippen LogP contribution in [0.15, 0.2) is 4.99 Å². The van der Waals surface area contributed by atoms with Gasteiger partial charge in [0.25, 0.3) is 0 Å². The first-order chi connectivity index (χ1) is 4.47. The summed E-state index contributed by atoms with van der Waals surface area (Å²) in [5.41, 5.74) is 0. The molecule has 1 aliphatic heterocycles. The van der Waals surface area contributed by atoms with Crippen molar-refractivity contribution >= 4 is 6.21 Å². The van der Waals surface area contributed by atoms with Crippen molar-refractivity contribution in [3.8, 4) is 0 Å². The predicted molar refractivity (Wildman–Crippen MR) is 37.8 cm³/mol. The third-order valence-corrected chi connectivity index (χ3v) is 2.53. The molecule has 0 amide bonds. The fourth-order valence-corrected chi connectivity index (χ4v) is 1.63. The second-order valence-electron chi connectivity index (χ2n) is 3.10. The van der Waals surface area contributed by atoms with Crippen molar-refractivity contribution in [1.29, 1.82) is 0 Å². The van der Waals surface area contributed by atoms with Gasteiger partial charge in [0.15, 0.2) is 0 Å². The summed E-state index contributed by atoms with van der Waals surface area (Å²) in [6.07, 6.45) is 8.79. The molecule has 49 valence electrons. The molecule has 2 rings (SSSR count). The molecule has 1 aliphatic carbocycles. The molecule has 0 aromatic heterocycles. The van der Waals surface area contributed by atoms with E-state index in [2.05, 4.69) is 11.2 Å². The number of aliphatic imine (C=N–C) groups is 1. The molecule has 1 nitrogen and oxygen atoms in total. The van der Waals surface area contributed by atoms with E-state index in [1.54, 1.807) is 0 Å². The lowest BCUT2D eigenvalue weighted by atomic mass is 9.76. The second kappa shape index (κ2) is 2.13. The topological polar surface area (TPSA) is 12.4 Å². The third kappa shape index (κ3) is 0.887. The van der Waals surface area contributed by atoms with Crippen LogP contribution in [0.4, 0.5) is 0 Å². The summed E-state index contributed by atoms with van der Waals surface area (Å²) in [4.78, 5) is 4.12. The first kappa shape index (κ1) is 5.45. The molecule has 0 saturated heterocycles. The Labute approximate surface area is 56.2 Å². The molecule has 1 unspecified atom stereocenters. The molecule has 1 saturated carbocycles. The summed E-state index contributed by atoms with van der Waals surface area (Å²) in [5, 5.41) is 0. The summed E-state index contributed by atoms with van der Waals surface area (Å²) < 4.78 is 0. The van der Waals surface area contributed by atoms with Crippen LogP contribution in [0.1, 0.15) is 25.7 Å². The molecule has 2 aliphatic rings. The van der Waals surface area contributed by atoms with Gasteiger partial charge in [0.05, 0.1) is 6.21 Å². The largest absolute Gasteiger partial charge is 0.288 e. The van der Waals surface area contributed by atoms with Crippen LogP contribution in [0.25, 0.3) is 0 Å². The van der Waals surface area contributed by atoms with E-state index in [4.69, 9.17) is 0 Å². The van der Waals surface area contributed by atoms with Crippen LogP contribution in [0.2, 0.25) is 0 Å². The molecule has 1 heterocycles. The van der Waals surface area contributed by atoms with E-state index in [0.717, 1.165) is 18.4 Å². The van der Waals surface area contributed by atoms with Crippen LogP contribution in [-0.2, 0) is 0 Å². The quantitative estimate of drug-likeness (QED) is 0.502. The molecular weight excluding hydrogens is 110 g/mol. The summed E-state index contributed by atoms with van der Waals surface area (Å²) in [7, 11) is 0. The van der Waals surface area contributed by atoms with Crippen molar-refractivity contribution in [2.24, 2.45) is 16.8 Å². The zero-order valence-electron chi connectivity index (χ0n) is 5.64. The fourth-order valence-electron chi connectivity index (χ4n) is 1.63. The standard InChI is InChI=1S/C8H12N/c1-2-7(3-1)8-4-5-9-6-8/h7-8H,1-5H2. The Hall–Kier alpha value is -0.330. The first-order valence-electron chi connectivity index (χ1n) is 3.89. The predicted octanol–water partition coefficient (Wildman–Crippen LogP) is 1.75. The van der Waals surface area contributed by atoms with Gasteiger partial charge in [0, 0.05) is 12.5 Å². The minimum absolute atomic E-state index is 0.749. The third-order valence-electron chi connectivity index (χ3n) is 2.53. The highest BCUT2D eigenvalue weighted by molar-refractivity contribution is 5.63. The summed E-state index contributed by atoms with van der Waals surface area (Å²) in [5.74, 6) is 1.72. The van der Waals surface area contributed by atoms with Gasteiger partial charge in [-0.3, -0.25) is 4.99 Å². The zero-order valence-corrected chi connectivity index (χ0v) is 5.64. The second-order valence-corrected chi connectivity index (χ2v) is 3.10. The monoisotopic (exact) mass is 122 g/mol. The SMILES string of the molecule is [C]1=NCCC1C1CCC1. The van der Waals surface area contributed by atoms with E-state index in [9.17, 15) is 0 Å². The first-order valence-corrected chi connectivity index (χ1v) is 3.89. The maximum atomic E-state index is 4.12. The van der Waals surface area contributed by atoms with Crippen molar-refractivity contribution < 1.29 is 0 Å². The molecule has 1 atom stereocenters. The Bertz CT molecular complexity index is 125. The van der Waals surface area contributed by atoms with Gasteiger partial charge in [-0.2, -0.15) is 0 Å². The molecule has 0 spiro atoms. The van der Waals surface area contributed by atoms with E-state index in [1.165, 1.54) is 25.7 Å². The highest BCUT2D eigenvalue weighted by atomic mass is 14.7. The highest BCUT2D eigenvalue weighted by Crippen LogP contribution is 2.35. The van der Waals surface area contributed by atoms with Crippen molar-refractivity contribution in [3.63, 3.8) is 0 Å². The van der Waals surface area contributed by atoms with E-state index in [-0.39, 0.29) is 0 Å². The van der Waals surface area contributed by atoms with E-state index in [1.807, 2.05) is 0 Å². The molecular formula is C8H12N. The lowest BCUT2D eigenvalue weighted by Gasteiger charge is -2.28. The Balaban J connectivity index is 1.89. The van der Waals surface area contributed by atoms with Gasteiger partial charge in [-0.15, -0.1) is 0 Å². The average Bonchev–Trinajstić information content (AvgIpc) is 2.11. The minimum atomic E-state index is 0.749. The van der Waals surface area contributed by atoms with E-state index in [0.29, 0.717) is 0 Å². The summed E-state index contributed by atoms with van der Waals surface area (Å²) in [6.45, 7) is 1.04. The molecule has 1 fully saturated rings. The zero-order chi connectivity index (χ0) is 6.10. The highest BCUT2D eigenvalue weighted by Gasteiger charge is 2.27. The van der Waals surface area contributed by atoms with Crippen molar-refractivity contribution in [2.75, 3.05) is 6.54 Å². The Kier molecular flexibility index (Phi) is 1.29. The van der Waals surface area contributed by atoms with Gasteiger partial charge < -0.3 is 0 Å². The molecule has 0 N–H and O–H groups in total. The molecule has 1 radical (unpaired) electrons. The van der Waals surface area contributed by atoms with Gasteiger partial charge in [-0.1, -0.05) is 6.42 Å². The summed E-state index contributed by atoms with van der Waals surface area (Å²) >= 11 is 0. The van der Waals surface area contributed by atoms with Gasteiger partial charge in [-0.25, -0.2) is 0 Å². The Morgan fingerprint density at radius 2 is 2.11 bits per heavy atom. The normalized spacial score (nSPS) is 34.9. The maximum absolute atomic E-state index is 4.12. The van der Waals surface area contributed by atoms with Crippen LogP contribution >= 0.6 is 0 Å². The Morgan fingerprint density at radius 3 is 2.56 bits per heavy atom. The van der Waals surface area contributed by atoms with Gasteiger partial charge >= 0.3 is 0 Å². The van der Waals surface area contributed by atoms with Crippen LogP contribution in [0.5, 0.6) is 0 Å². The Morgan fingerprint density at radius 1 is 1.22 bits per heavy atom. The van der Waals surface area contributed by atoms with Crippen LogP contribution < -0.4 is 0 Å². The number of hydrogen-bond donors (Lipinski definition) is 0.